The molecule has 18 heavy (non-hydrogen) atoms. The third-order valence-electron chi connectivity index (χ3n) is 2.41. The molecule has 0 saturated carbocycles. The summed E-state index contributed by atoms with van der Waals surface area (Å²) in [6, 6.07) is 1.63. The van der Waals surface area contributed by atoms with Gasteiger partial charge in [-0.15, -0.1) is 0 Å². The summed E-state index contributed by atoms with van der Waals surface area (Å²) in [5, 5.41) is 9.92. The van der Waals surface area contributed by atoms with Crippen molar-refractivity contribution in [3.8, 4) is 0 Å². The predicted molar refractivity (Wildman–Crippen MR) is 68.8 cm³/mol. The highest BCUT2D eigenvalue weighted by molar-refractivity contribution is 6.33. The highest BCUT2D eigenvalue weighted by Gasteiger charge is 2.18. The minimum atomic E-state index is -0.721. The number of aliphatic hydroxyl groups is 1. The predicted octanol–water partition coefficient (Wildman–Crippen LogP) is 1.12. The third kappa shape index (κ3) is 3.94. The van der Waals surface area contributed by atoms with E-state index in [1.165, 1.54) is 18.2 Å². The standard InChI is InChI=1S/C12H17ClN2O3/c1-8-4-11(13)10(5-14-8)12(17)15(2)6-9(16)7-18-3/h4-5,9,16H,6-7H2,1-3H3. The van der Waals surface area contributed by atoms with Crippen molar-refractivity contribution >= 4 is 17.5 Å². The molecule has 0 saturated heterocycles. The zero-order valence-corrected chi connectivity index (χ0v) is 11.4. The molecular weight excluding hydrogens is 256 g/mol. The first kappa shape index (κ1) is 14.9. The molecule has 1 atom stereocenters. The minimum Gasteiger partial charge on any atom is -0.389 e. The number of aliphatic hydroxyl groups excluding tert-OH is 1. The second kappa shape index (κ2) is 6.68. The maximum Gasteiger partial charge on any atom is 0.256 e. The molecule has 0 radical (unpaired) electrons. The Morgan fingerprint density at radius 3 is 2.89 bits per heavy atom. The lowest BCUT2D eigenvalue weighted by molar-refractivity contribution is 0.0380. The molecule has 0 aromatic carbocycles. The lowest BCUT2D eigenvalue weighted by Gasteiger charge is -2.20. The van der Waals surface area contributed by atoms with E-state index in [1.807, 2.05) is 0 Å². The molecule has 1 N–H and O–H groups in total. The van der Waals surface area contributed by atoms with E-state index in [9.17, 15) is 9.90 Å². The van der Waals surface area contributed by atoms with Gasteiger partial charge in [0.2, 0.25) is 0 Å². The van der Waals surface area contributed by atoms with Gasteiger partial charge in [0.15, 0.2) is 0 Å². The van der Waals surface area contributed by atoms with Crippen LogP contribution in [0.4, 0.5) is 0 Å². The van der Waals surface area contributed by atoms with Crippen LogP contribution in [0.25, 0.3) is 0 Å². The number of hydrogen-bond acceptors (Lipinski definition) is 4. The number of methoxy groups -OCH3 is 1. The molecule has 5 nitrogen and oxygen atoms in total. The number of rotatable bonds is 5. The number of carbonyl (C=O) groups is 1. The van der Waals surface area contributed by atoms with Crippen LogP contribution in [-0.2, 0) is 4.74 Å². The quantitative estimate of drug-likeness (QED) is 0.873. The Hall–Kier alpha value is -1.17. The average Bonchev–Trinajstić information content (AvgIpc) is 2.28. The topological polar surface area (TPSA) is 62.7 Å². The van der Waals surface area contributed by atoms with Gasteiger partial charge in [-0.1, -0.05) is 11.6 Å². The molecule has 0 aliphatic heterocycles. The minimum absolute atomic E-state index is 0.177. The van der Waals surface area contributed by atoms with Crippen LogP contribution in [0.3, 0.4) is 0 Å². The zero-order valence-electron chi connectivity index (χ0n) is 10.7. The number of amides is 1. The van der Waals surface area contributed by atoms with E-state index < -0.39 is 6.10 Å². The highest BCUT2D eigenvalue weighted by Crippen LogP contribution is 2.17. The van der Waals surface area contributed by atoms with E-state index in [-0.39, 0.29) is 19.1 Å². The first-order valence-electron chi connectivity index (χ1n) is 5.50. The molecule has 6 heteroatoms. The van der Waals surface area contributed by atoms with Crippen molar-refractivity contribution in [2.75, 3.05) is 27.3 Å². The molecule has 1 aromatic rings. The summed E-state index contributed by atoms with van der Waals surface area (Å²) in [4.78, 5) is 17.5. The van der Waals surface area contributed by atoms with Crippen molar-refractivity contribution in [1.29, 1.82) is 0 Å². The van der Waals surface area contributed by atoms with Crippen LogP contribution in [0.1, 0.15) is 16.1 Å². The second-order valence-electron chi connectivity index (χ2n) is 4.10. The lowest BCUT2D eigenvalue weighted by atomic mass is 10.2. The molecule has 0 bridgehead atoms. The van der Waals surface area contributed by atoms with Crippen molar-refractivity contribution in [3.05, 3.63) is 28.5 Å². The highest BCUT2D eigenvalue weighted by atomic mass is 35.5. The average molecular weight is 273 g/mol. The van der Waals surface area contributed by atoms with Gasteiger partial charge in [0.25, 0.3) is 5.91 Å². The zero-order chi connectivity index (χ0) is 13.7. The lowest BCUT2D eigenvalue weighted by Crippen LogP contribution is -2.36. The molecule has 0 aliphatic rings. The van der Waals surface area contributed by atoms with E-state index in [0.29, 0.717) is 10.6 Å². The Labute approximate surface area is 111 Å². The number of aromatic nitrogens is 1. The smallest absolute Gasteiger partial charge is 0.256 e. The number of likely N-dealkylation sites (N-methyl/N-ethyl adjacent to an activating group) is 1. The van der Waals surface area contributed by atoms with Crippen LogP contribution in [0.15, 0.2) is 12.3 Å². The number of nitrogens with zero attached hydrogens (tertiary/aromatic N) is 2. The monoisotopic (exact) mass is 272 g/mol. The van der Waals surface area contributed by atoms with Crippen molar-refractivity contribution in [3.63, 3.8) is 0 Å². The molecule has 1 unspecified atom stereocenters. The van der Waals surface area contributed by atoms with Gasteiger partial charge in [-0.2, -0.15) is 0 Å². The molecule has 1 heterocycles. The summed E-state index contributed by atoms with van der Waals surface area (Å²) in [5.41, 5.74) is 1.08. The van der Waals surface area contributed by atoms with E-state index >= 15 is 0 Å². The third-order valence-corrected chi connectivity index (χ3v) is 2.72. The number of carbonyl (C=O) groups excluding carboxylic acids is 1. The first-order valence-corrected chi connectivity index (χ1v) is 5.88. The summed E-state index contributed by atoms with van der Waals surface area (Å²) in [7, 11) is 3.09. The SMILES string of the molecule is COCC(O)CN(C)C(=O)c1cnc(C)cc1Cl. The molecule has 0 spiro atoms. The van der Waals surface area contributed by atoms with Gasteiger partial charge in [-0.25, -0.2) is 0 Å². The summed E-state index contributed by atoms with van der Waals surface area (Å²) in [6.45, 7) is 2.15. The number of pyridine rings is 1. The van der Waals surface area contributed by atoms with Crippen LogP contribution in [0.5, 0.6) is 0 Å². The molecule has 1 amide bonds. The normalized spacial score (nSPS) is 12.3. The van der Waals surface area contributed by atoms with Gasteiger partial charge in [0, 0.05) is 32.6 Å². The van der Waals surface area contributed by atoms with Crippen molar-refractivity contribution in [1.82, 2.24) is 9.88 Å². The fourth-order valence-corrected chi connectivity index (χ4v) is 1.82. The summed E-state index contributed by atoms with van der Waals surface area (Å²) < 4.78 is 4.80. The molecular formula is C12H17ClN2O3. The Morgan fingerprint density at radius 1 is 1.67 bits per heavy atom. The van der Waals surface area contributed by atoms with Crippen molar-refractivity contribution in [2.45, 2.75) is 13.0 Å². The molecule has 1 rings (SSSR count). The molecule has 0 aliphatic carbocycles. The number of aryl methyl sites for hydroxylation is 1. The van der Waals surface area contributed by atoms with E-state index in [2.05, 4.69) is 4.98 Å². The molecule has 100 valence electrons. The van der Waals surface area contributed by atoms with Crippen LogP contribution in [0.2, 0.25) is 5.02 Å². The van der Waals surface area contributed by atoms with E-state index in [0.717, 1.165) is 5.69 Å². The van der Waals surface area contributed by atoms with Gasteiger partial charge in [0.1, 0.15) is 0 Å². The van der Waals surface area contributed by atoms with Gasteiger partial charge < -0.3 is 14.7 Å². The van der Waals surface area contributed by atoms with Gasteiger partial charge in [-0.3, -0.25) is 9.78 Å². The molecule has 0 fully saturated rings. The maximum atomic E-state index is 12.1. The number of ether oxygens (including phenoxy) is 1. The number of halogens is 1. The Morgan fingerprint density at radius 2 is 2.33 bits per heavy atom. The van der Waals surface area contributed by atoms with E-state index in [4.69, 9.17) is 16.3 Å². The van der Waals surface area contributed by atoms with Crippen molar-refractivity contribution < 1.29 is 14.6 Å². The summed E-state index contributed by atoms with van der Waals surface area (Å²) in [5.74, 6) is -0.275. The van der Waals surface area contributed by atoms with Crippen LogP contribution >= 0.6 is 11.6 Å². The van der Waals surface area contributed by atoms with Crippen LogP contribution in [0, 0.1) is 6.92 Å². The molecule has 1 aromatic heterocycles. The second-order valence-corrected chi connectivity index (χ2v) is 4.51. The maximum absolute atomic E-state index is 12.1. The Kier molecular flexibility index (Phi) is 5.53. The van der Waals surface area contributed by atoms with Crippen LogP contribution in [-0.4, -0.2) is 54.3 Å². The van der Waals surface area contributed by atoms with Crippen LogP contribution < -0.4 is 0 Å². The first-order chi connectivity index (χ1) is 8.45. The van der Waals surface area contributed by atoms with Gasteiger partial charge in [0.05, 0.1) is 23.3 Å². The largest absolute Gasteiger partial charge is 0.389 e. The Bertz CT molecular complexity index is 426. The summed E-state index contributed by atoms with van der Waals surface area (Å²) >= 11 is 5.99. The fraction of sp³-hybridized carbons (Fsp3) is 0.500. The van der Waals surface area contributed by atoms with E-state index in [1.54, 1.807) is 20.0 Å². The Balaban J connectivity index is 2.74. The fourth-order valence-electron chi connectivity index (χ4n) is 1.53. The van der Waals surface area contributed by atoms with Gasteiger partial charge in [-0.05, 0) is 13.0 Å². The van der Waals surface area contributed by atoms with Crippen molar-refractivity contribution in [2.24, 2.45) is 0 Å². The number of hydrogen-bond donors (Lipinski definition) is 1. The van der Waals surface area contributed by atoms with Gasteiger partial charge >= 0.3 is 0 Å². The summed E-state index contributed by atoms with van der Waals surface area (Å²) in [6.07, 6.45) is 0.722.